The molecule has 0 unspecified atom stereocenters. The SMILES string of the molecule is C=Cc1ccc(-c2nc(-c3ccc(F)cc3)nn2CC(=O)N2CCN(C3=C/CC\C=N/C(OCC)=C\3)CC2)cc1. The number of benzene rings is 2. The van der Waals surface area contributed by atoms with Crippen LogP contribution in [0.1, 0.15) is 25.3 Å². The molecule has 1 fully saturated rings. The zero-order valence-electron chi connectivity index (χ0n) is 22.7. The van der Waals surface area contributed by atoms with Crippen LogP contribution < -0.4 is 0 Å². The summed E-state index contributed by atoms with van der Waals surface area (Å²) in [5.41, 5.74) is 3.58. The van der Waals surface area contributed by atoms with Crippen molar-refractivity contribution in [1.82, 2.24) is 24.6 Å². The van der Waals surface area contributed by atoms with Crippen molar-refractivity contribution in [2.75, 3.05) is 32.8 Å². The maximum Gasteiger partial charge on any atom is 0.244 e. The molecule has 0 aliphatic carbocycles. The Bertz CT molecular complexity index is 1430. The van der Waals surface area contributed by atoms with Gasteiger partial charge in [-0.15, -0.1) is 5.10 Å². The maximum absolute atomic E-state index is 13.5. The number of nitrogens with zero attached hydrogens (tertiary/aromatic N) is 6. The first-order chi connectivity index (χ1) is 19.5. The summed E-state index contributed by atoms with van der Waals surface area (Å²) >= 11 is 0. The zero-order chi connectivity index (χ0) is 27.9. The number of rotatable bonds is 8. The van der Waals surface area contributed by atoms with E-state index in [-0.39, 0.29) is 18.3 Å². The van der Waals surface area contributed by atoms with E-state index in [0.29, 0.717) is 55.9 Å². The van der Waals surface area contributed by atoms with Crippen LogP contribution in [0.3, 0.4) is 0 Å². The number of hydrogen-bond donors (Lipinski definition) is 0. The van der Waals surface area contributed by atoms with Gasteiger partial charge in [-0.3, -0.25) is 4.79 Å². The lowest BCUT2D eigenvalue weighted by atomic mass is 10.1. The Kier molecular flexibility index (Phi) is 8.49. The lowest BCUT2D eigenvalue weighted by Crippen LogP contribution is -2.49. The number of carbonyl (C=O) groups is 1. The molecule has 3 aromatic rings. The van der Waals surface area contributed by atoms with E-state index in [0.717, 1.165) is 29.7 Å². The van der Waals surface area contributed by atoms with E-state index < -0.39 is 0 Å². The van der Waals surface area contributed by atoms with E-state index in [1.165, 1.54) is 12.1 Å². The van der Waals surface area contributed by atoms with Crippen LogP contribution in [-0.2, 0) is 16.1 Å². The lowest BCUT2D eigenvalue weighted by Gasteiger charge is -2.37. The van der Waals surface area contributed by atoms with Gasteiger partial charge in [0, 0.05) is 55.3 Å². The average Bonchev–Trinajstić information content (AvgIpc) is 3.38. The molecule has 0 radical (unpaired) electrons. The van der Waals surface area contributed by atoms with E-state index in [9.17, 15) is 9.18 Å². The minimum atomic E-state index is -0.328. The van der Waals surface area contributed by atoms with Gasteiger partial charge in [0.2, 0.25) is 11.8 Å². The van der Waals surface area contributed by atoms with Crippen LogP contribution >= 0.6 is 0 Å². The topological polar surface area (TPSA) is 75.9 Å². The second-order valence-corrected chi connectivity index (χ2v) is 9.55. The molecule has 2 aromatic carbocycles. The highest BCUT2D eigenvalue weighted by Gasteiger charge is 2.24. The van der Waals surface area contributed by atoms with Gasteiger partial charge in [0.05, 0.1) is 6.61 Å². The van der Waals surface area contributed by atoms with E-state index in [1.807, 2.05) is 48.4 Å². The number of allylic oxidation sites excluding steroid dienone is 2. The summed E-state index contributed by atoms with van der Waals surface area (Å²) in [4.78, 5) is 26.8. The summed E-state index contributed by atoms with van der Waals surface area (Å²) < 4.78 is 20.8. The highest BCUT2D eigenvalue weighted by molar-refractivity contribution is 5.77. The predicted octanol–water partition coefficient (Wildman–Crippen LogP) is 5.16. The molecule has 40 heavy (non-hydrogen) atoms. The fraction of sp³-hybridized carbons (Fsp3) is 0.290. The van der Waals surface area contributed by atoms with Gasteiger partial charge in [0.1, 0.15) is 12.4 Å². The van der Waals surface area contributed by atoms with Crippen LogP contribution in [0.4, 0.5) is 4.39 Å². The fourth-order valence-electron chi connectivity index (χ4n) is 4.73. The van der Waals surface area contributed by atoms with Crippen LogP contribution in [0.2, 0.25) is 0 Å². The first-order valence-electron chi connectivity index (χ1n) is 13.6. The van der Waals surface area contributed by atoms with Gasteiger partial charge < -0.3 is 14.5 Å². The molecule has 1 saturated heterocycles. The third kappa shape index (κ3) is 6.36. The number of hydrogen-bond acceptors (Lipinski definition) is 6. The van der Waals surface area contributed by atoms with Crippen molar-refractivity contribution in [2.45, 2.75) is 26.3 Å². The standard InChI is InChI=1S/C31H33FN6O2/c1-3-23-8-10-25(11-9-23)31-34-30(24-12-14-26(32)15-13-24)35-38(31)22-29(39)37-19-17-36(18-20-37)27-7-5-6-16-33-28(21-27)40-4-2/h3,7-16,21H,1,4-6,17-20,22H2,2H3/b27-7+,28-21+,33-16-. The van der Waals surface area contributed by atoms with Crippen LogP contribution in [0.5, 0.6) is 0 Å². The number of halogens is 1. The summed E-state index contributed by atoms with van der Waals surface area (Å²) in [5, 5.41) is 4.66. The van der Waals surface area contributed by atoms with Crippen LogP contribution in [0, 0.1) is 5.82 Å². The summed E-state index contributed by atoms with van der Waals surface area (Å²) in [6.07, 6.45) is 9.62. The van der Waals surface area contributed by atoms with E-state index >= 15 is 0 Å². The zero-order valence-corrected chi connectivity index (χ0v) is 22.7. The van der Waals surface area contributed by atoms with Gasteiger partial charge in [0.25, 0.3) is 0 Å². The number of piperazine rings is 1. The van der Waals surface area contributed by atoms with Crippen molar-refractivity contribution in [3.63, 3.8) is 0 Å². The van der Waals surface area contributed by atoms with Gasteiger partial charge in [-0.2, -0.15) is 0 Å². The minimum Gasteiger partial charge on any atom is -0.478 e. The molecule has 5 rings (SSSR count). The van der Waals surface area contributed by atoms with Crippen molar-refractivity contribution < 1.29 is 13.9 Å². The van der Waals surface area contributed by atoms with Crippen molar-refractivity contribution in [3.05, 3.63) is 90.2 Å². The molecule has 3 heterocycles. The van der Waals surface area contributed by atoms with Gasteiger partial charge >= 0.3 is 0 Å². The molecular formula is C31H33FN6O2. The van der Waals surface area contributed by atoms with Gasteiger partial charge in [-0.1, -0.05) is 43.0 Å². The van der Waals surface area contributed by atoms with Gasteiger partial charge in [0.15, 0.2) is 11.6 Å². The molecule has 2 aliphatic heterocycles. The number of ether oxygens (including phenoxy) is 1. The quantitative estimate of drug-likeness (QED) is 0.394. The Labute approximate surface area is 233 Å². The van der Waals surface area contributed by atoms with Crippen molar-refractivity contribution in [3.8, 4) is 22.8 Å². The molecule has 8 nitrogen and oxygen atoms in total. The van der Waals surface area contributed by atoms with Crippen molar-refractivity contribution in [1.29, 1.82) is 0 Å². The molecule has 206 valence electrons. The summed E-state index contributed by atoms with van der Waals surface area (Å²) in [6.45, 7) is 8.99. The molecule has 0 atom stereocenters. The molecule has 0 saturated carbocycles. The average molecular weight is 541 g/mol. The van der Waals surface area contributed by atoms with Crippen molar-refractivity contribution in [2.24, 2.45) is 4.99 Å². The highest BCUT2D eigenvalue weighted by atomic mass is 19.1. The summed E-state index contributed by atoms with van der Waals surface area (Å²) in [6, 6.07) is 13.8. The van der Waals surface area contributed by atoms with Gasteiger partial charge in [-0.05, 0) is 49.6 Å². The Morgan fingerprint density at radius 3 is 2.45 bits per heavy atom. The molecule has 0 spiro atoms. The molecule has 1 amide bonds. The third-order valence-corrected chi connectivity index (χ3v) is 6.89. The maximum atomic E-state index is 13.5. The van der Waals surface area contributed by atoms with Crippen molar-refractivity contribution >= 4 is 18.2 Å². The Hall–Kier alpha value is -4.53. The first-order valence-corrected chi connectivity index (χ1v) is 13.6. The molecular weight excluding hydrogens is 507 g/mol. The molecule has 9 heteroatoms. The largest absolute Gasteiger partial charge is 0.478 e. The summed E-state index contributed by atoms with van der Waals surface area (Å²) in [5.74, 6) is 1.28. The third-order valence-electron chi connectivity index (χ3n) is 6.89. The summed E-state index contributed by atoms with van der Waals surface area (Å²) in [7, 11) is 0. The number of aliphatic imine (C=N–C) groups is 1. The second kappa shape index (κ2) is 12.5. The van der Waals surface area contributed by atoms with E-state index in [4.69, 9.17) is 9.72 Å². The van der Waals surface area contributed by atoms with Crippen LogP contribution in [0.15, 0.2) is 83.8 Å². The number of aromatic nitrogens is 3. The second-order valence-electron chi connectivity index (χ2n) is 9.55. The smallest absolute Gasteiger partial charge is 0.244 e. The monoisotopic (exact) mass is 540 g/mol. The first kappa shape index (κ1) is 27.1. The Balaban J connectivity index is 1.32. The molecule has 2 aliphatic rings. The normalized spacial score (nSPS) is 19.1. The van der Waals surface area contributed by atoms with Crippen LogP contribution in [0.25, 0.3) is 28.9 Å². The Morgan fingerprint density at radius 1 is 1.02 bits per heavy atom. The molecule has 0 N–H and O–H groups in total. The molecule has 1 aromatic heterocycles. The fourth-order valence-corrected chi connectivity index (χ4v) is 4.73. The van der Waals surface area contributed by atoms with E-state index in [2.05, 4.69) is 27.6 Å². The van der Waals surface area contributed by atoms with Crippen LogP contribution in [-0.4, -0.2) is 69.5 Å². The number of carbonyl (C=O) groups excluding carboxylic acids is 1. The minimum absolute atomic E-state index is 0.0269. The van der Waals surface area contributed by atoms with E-state index in [1.54, 1.807) is 22.9 Å². The van der Waals surface area contributed by atoms with Gasteiger partial charge in [-0.25, -0.2) is 19.0 Å². The Morgan fingerprint density at radius 2 is 1.75 bits per heavy atom. The lowest BCUT2D eigenvalue weighted by molar-refractivity contribution is -0.133. The number of amides is 1. The highest BCUT2D eigenvalue weighted by Crippen LogP contribution is 2.24. The molecule has 0 bridgehead atoms. The predicted molar refractivity (Wildman–Crippen MR) is 155 cm³/mol.